The lowest BCUT2D eigenvalue weighted by atomic mass is 10.3. The van der Waals surface area contributed by atoms with E-state index in [9.17, 15) is 4.79 Å². The predicted molar refractivity (Wildman–Crippen MR) is 61.0 cm³/mol. The standard InChI is InChI=1S/C11H8ClN3O3/c12-7-2-1-3-13-8(7)9-14-10(18-15-9)5-4-6(5)11(16)17/h1-3,5-6H,4H2,(H,16,17). The van der Waals surface area contributed by atoms with Gasteiger partial charge in [-0.05, 0) is 18.6 Å². The molecule has 2 aromatic rings. The minimum Gasteiger partial charge on any atom is -0.481 e. The van der Waals surface area contributed by atoms with E-state index in [0.717, 1.165) is 0 Å². The minimum absolute atomic E-state index is 0.189. The van der Waals surface area contributed by atoms with E-state index < -0.39 is 11.9 Å². The molecule has 1 aliphatic rings. The van der Waals surface area contributed by atoms with Crippen molar-refractivity contribution < 1.29 is 14.4 Å². The number of nitrogens with zero attached hydrogens (tertiary/aromatic N) is 3. The fourth-order valence-corrected chi connectivity index (χ4v) is 1.98. The molecule has 1 saturated carbocycles. The first-order valence-corrected chi connectivity index (χ1v) is 5.72. The Hall–Kier alpha value is -1.95. The van der Waals surface area contributed by atoms with Crippen LogP contribution in [0, 0.1) is 5.92 Å². The minimum atomic E-state index is -0.837. The van der Waals surface area contributed by atoms with Gasteiger partial charge >= 0.3 is 5.97 Å². The largest absolute Gasteiger partial charge is 0.481 e. The number of halogens is 1. The van der Waals surface area contributed by atoms with Crippen LogP contribution in [0.4, 0.5) is 0 Å². The van der Waals surface area contributed by atoms with Crippen LogP contribution in [-0.2, 0) is 4.79 Å². The molecule has 0 spiro atoms. The number of aromatic nitrogens is 3. The van der Waals surface area contributed by atoms with Crippen LogP contribution in [0.5, 0.6) is 0 Å². The predicted octanol–water partition coefficient (Wildman–Crippen LogP) is 1.97. The SMILES string of the molecule is O=C(O)C1CC1c1nc(-c2ncccc2Cl)no1. The van der Waals surface area contributed by atoms with E-state index in [1.54, 1.807) is 18.3 Å². The van der Waals surface area contributed by atoms with Gasteiger partial charge in [-0.1, -0.05) is 16.8 Å². The second-order valence-electron chi connectivity index (χ2n) is 4.08. The molecule has 18 heavy (non-hydrogen) atoms. The maximum Gasteiger partial charge on any atom is 0.307 e. The third-order valence-electron chi connectivity index (χ3n) is 2.84. The zero-order valence-corrected chi connectivity index (χ0v) is 9.83. The van der Waals surface area contributed by atoms with Crippen molar-refractivity contribution >= 4 is 17.6 Å². The molecule has 7 heteroatoms. The molecule has 6 nitrogen and oxygen atoms in total. The molecule has 3 rings (SSSR count). The van der Waals surface area contributed by atoms with Crippen LogP contribution in [-0.4, -0.2) is 26.2 Å². The smallest absolute Gasteiger partial charge is 0.307 e. The molecule has 1 fully saturated rings. The van der Waals surface area contributed by atoms with Crippen molar-refractivity contribution in [2.45, 2.75) is 12.3 Å². The molecule has 0 amide bonds. The van der Waals surface area contributed by atoms with Crippen LogP contribution < -0.4 is 0 Å². The van der Waals surface area contributed by atoms with Gasteiger partial charge in [0, 0.05) is 6.20 Å². The maximum atomic E-state index is 10.8. The summed E-state index contributed by atoms with van der Waals surface area (Å²) in [4.78, 5) is 19.0. The summed E-state index contributed by atoms with van der Waals surface area (Å²) in [6, 6.07) is 3.38. The first kappa shape index (κ1) is 11.2. The number of aliphatic carboxylic acids is 1. The molecule has 2 atom stereocenters. The van der Waals surface area contributed by atoms with Crippen LogP contribution in [0.15, 0.2) is 22.9 Å². The monoisotopic (exact) mass is 265 g/mol. The average molecular weight is 266 g/mol. The van der Waals surface area contributed by atoms with E-state index in [0.29, 0.717) is 23.0 Å². The number of carbonyl (C=O) groups is 1. The Labute approximate surface area is 107 Å². The Morgan fingerprint density at radius 2 is 2.39 bits per heavy atom. The van der Waals surface area contributed by atoms with Crippen LogP contribution in [0.25, 0.3) is 11.5 Å². The van der Waals surface area contributed by atoms with Crippen molar-refractivity contribution in [3.63, 3.8) is 0 Å². The van der Waals surface area contributed by atoms with Gasteiger partial charge in [0.2, 0.25) is 11.7 Å². The summed E-state index contributed by atoms with van der Waals surface area (Å²) in [6.07, 6.45) is 2.11. The Morgan fingerprint density at radius 1 is 1.56 bits per heavy atom. The van der Waals surface area contributed by atoms with E-state index in [1.165, 1.54) is 0 Å². The average Bonchev–Trinajstić information content (AvgIpc) is 3.02. The molecule has 0 aromatic carbocycles. The Morgan fingerprint density at radius 3 is 3.06 bits per heavy atom. The molecule has 1 aliphatic carbocycles. The highest BCUT2D eigenvalue weighted by Crippen LogP contribution is 2.47. The summed E-state index contributed by atoms with van der Waals surface area (Å²) in [5.41, 5.74) is 0.432. The fraction of sp³-hybridized carbons (Fsp3) is 0.273. The third kappa shape index (κ3) is 1.84. The lowest BCUT2D eigenvalue weighted by Gasteiger charge is -1.94. The molecular formula is C11H8ClN3O3. The summed E-state index contributed by atoms with van der Waals surface area (Å²) >= 11 is 5.96. The van der Waals surface area contributed by atoms with Crippen LogP contribution in [0.2, 0.25) is 5.02 Å². The summed E-state index contributed by atoms with van der Waals surface area (Å²) in [5, 5.41) is 13.0. The number of hydrogen-bond acceptors (Lipinski definition) is 5. The Kier molecular flexibility index (Phi) is 2.52. The topological polar surface area (TPSA) is 89.1 Å². The highest BCUT2D eigenvalue weighted by atomic mass is 35.5. The normalized spacial score (nSPS) is 21.8. The van der Waals surface area contributed by atoms with Crippen molar-refractivity contribution in [3.8, 4) is 11.5 Å². The molecule has 2 aromatic heterocycles. The first-order chi connectivity index (χ1) is 8.66. The highest BCUT2D eigenvalue weighted by Gasteiger charge is 2.48. The van der Waals surface area contributed by atoms with Gasteiger partial charge in [-0.2, -0.15) is 4.98 Å². The second kappa shape index (κ2) is 4.06. The molecule has 2 unspecified atom stereocenters. The van der Waals surface area contributed by atoms with Crippen molar-refractivity contribution in [2.24, 2.45) is 5.92 Å². The van der Waals surface area contributed by atoms with Gasteiger partial charge in [0.1, 0.15) is 5.69 Å². The molecule has 0 saturated heterocycles. The molecule has 92 valence electrons. The molecular weight excluding hydrogens is 258 g/mol. The van der Waals surface area contributed by atoms with Crippen LogP contribution in [0.1, 0.15) is 18.2 Å². The van der Waals surface area contributed by atoms with Gasteiger partial charge in [0.05, 0.1) is 16.9 Å². The maximum absolute atomic E-state index is 10.8. The van der Waals surface area contributed by atoms with Crippen molar-refractivity contribution in [2.75, 3.05) is 0 Å². The van der Waals surface area contributed by atoms with Crippen molar-refractivity contribution in [3.05, 3.63) is 29.2 Å². The summed E-state index contributed by atoms with van der Waals surface area (Å²) < 4.78 is 5.06. The van der Waals surface area contributed by atoms with Gasteiger partial charge in [-0.25, -0.2) is 0 Å². The van der Waals surface area contributed by atoms with Gasteiger partial charge in [-0.3, -0.25) is 9.78 Å². The lowest BCUT2D eigenvalue weighted by molar-refractivity contribution is -0.138. The van der Waals surface area contributed by atoms with Gasteiger partial charge in [0.15, 0.2) is 0 Å². The quantitative estimate of drug-likeness (QED) is 0.913. The van der Waals surface area contributed by atoms with E-state index in [1.807, 2.05) is 0 Å². The molecule has 2 heterocycles. The van der Waals surface area contributed by atoms with Gasteiger partial charge < -0.3 is 9.63 Å². The molecule has 0 radical (unpaired) electrons. The summed E-state index contributed by atoms with van der Waals surface area (Å²) in [6.45, 7) is 0. The lowest BCUT2D eigenvalue weighted by Crippen LogP contribution is -1.99. The number of carboxylic acid groups (broad SMARTS) is 1. The van der Waals surface area contributed by atoms with Crippen LogP contribution >= 0.6 is 11.6 Å². The zero-order valence-electron chi connectivity index (χ0n) is 9.08. The molecule has 0 bridgehead atoms. The number of carboxylic acids is 1. The summed E-state index contributed by atoms with van der Waals surface area (Å²) in [5.74, 6) is -0.829. The number of pyridine rings is 1. The zero-order chi connectivity index (χ0) is 12.7. The first-order valence-electron chi connectivity index (χ1n) is 5.34. The fourth-order valence-electron chi connectivity index (χ4n) is 1.77. The van der Waals surface area contributed by atoms with Gasteiger partial charge in [0.25, 0.3) is 0 Å². The van der Waals surface area contributed by atoms with E-state index in [-0.39, 0.29) is 11.7 Å². The second-order valence-corrected chi connectivity index (χ2v) is 4.48. The van der Waals surface area contributed by atoms with E-state index in [2.05, 4.69) is 15.1 Å². The van der Waals surface area contributed by atoms with Crippen molar-refractivity contribution in [1.82, 2.24) is 15.1 Å². The van der Waals surface area contributed by atoms with Gasteiger partial charge in [-0.15, -0.1) is 0 Å². The van der Waals surface area contributed by atoms with E-state index in [4.69, 9.17) is 21.2 Å². The number of hydrogen-bond donors (Lipinski definition) is 1. The number of rotatable bonds is 3. The Bertz CT molecular complexity index is 613. The summed E-state index contributed by atoms with van der Waals surface area (Å²) in [7, 11) is 0. The third-order valence-corrected chi connectivity index (χ3v) is 3.14. The van der Waals surface area contributed by atoms with Crippen LogP contribution in [0.3, 0.4) is 0 Å². The molecule has 1 N–H and O–H groups in total. The molecule has 0 aliphatic heterocycles. The van der Waals surface area contributed by atoms with E-state index >= 15 is 0 Å². The Balaban J connectivity index is 1.87. The van der Waals surface area contributed by atoms with Crippen molar-refractivity contribution in [1.29, 1.82) is 0 Å². The highest BCUT2D eigenvalue weighted by molar-refractivity contribution is 6.32.